The maximum absolute atomic E-state index is 12.8. The lowest BCUT2D eigenvalue weighted by molar-refractivity contribution is -0.121. The number of nitrogens with zero attached hydrogens (tertiary/aromatic N) is 2. The number of carbonyl (C=O) groups is 2. The molecular weight excluding hydrogens is 358 g/mol. The van der Waals surface area contributed by atoms with Crippen molar-refractivity contribution in [3.8, 4) is 6.07 Å². The Morgan fingerprint density at radius 2 is 1.89 bits per heavy atom. The standard InChI is InChI=1S/C21H21N3O2S/c1-24(13-20(25)23-17-10-11-17)21(26)18-4-2-3-5-19(18)27-14-16-8-6-15(12-22)7-9-16/h2-9,17H,10-11,13-14H2,1H3,(H,23,25). The number of hydrogen-bond acceptors (Lipinski definition) is 4. The predicted molar refractivity (Wildman–Crippen MR) is 105 cm³/mol. The van der Waals surface area contributed by atoms with Crippen LogP contribution in [0.15, 0.2) is 53.4 Å². The van der Waals surface area contributed by atoms with Gasteiger partial charge in [-0.05, 0) is 42.7 Å². The molecule has 0 radical (unpaired) electrons. The normalized spacial score (nSPS) is 12.9. The number of nitriles is 1. The van der Waals surface area contributed by atoms with E-state index in [4.69, 9.17) is 5.26 Å². The van der Waals surface area contributed by atoms with Gasteiger partial charge in [0.15, 0.2) is 0 Å². The van der Waals surface area contributed by atoms with Crippen LogP contribution < -0.4 is 5.32 Å². The monoisotopic (exact) mass is 379 g/mol. The third-order valence-electron chi connectivity index (χ3n) is 4.26. The van der Waals surface area contributed by atoms with Gasteiger partial charge in [-0.3, -0.25) is 9.59 Å². The average Bonchev–Trinajstić information content (AvgIpc) is 3.50. The second kappa shape index (κ2) is 8.74. The Labute approximate surface area is 163 Å². The zero-order valence-electron chi connectivity index (χ0n) is 15.1. The molecule has 1 N–H and O–H groups in total. The largest absolute Gasteiger partial charge is 0.352 e. The molecule has 0 aromatic heterocycles. The highest BCUT2D eigenvalue weighted by molar-refractivity contribution is 7.98. The number of rotatable bonds is 7. The Morgan fingerprint density at radius 1 is 1.19 bits per heavy atom. The van der Waals surface area contributed by atoms with Gasteiger partial charge < -0.3 is 10.2 Å². The Bertz CT molecular complexity index is 870. The van der Waals surface area contributed by atoms with Crippen molar-refractivity contribution in [1.29, 1.82) is 5.26 Å². The van der Waals surface area contributed by atoms with Crippen LogP contribution >= 0.6 is 11.8 Å². The van der Waals surface area contributed by atoms with Crippen LogP contribution in [0.4, 0.5) is 0 Å². The fourth-order valence-electron chi connectivity index (χ4n) is 2.60. The maximum Gasteiger partial charge on any atom is 0.255 e. The van der Waals surface area contributed by atoms with E-state index in [0.717, 1.165) is 23.3 Å². The van der Waals surface area contributed by atoms with Crippen molar-refractivity contribution in [2.24, 2.45) is 0 Å². The predicted octanol–water partition coefficient (Wildman–Crippen LogP) is 3.20. The van der Waals surface area contributed by atoms with Gasteiger partial charge in [0.1, 0.15) is 0 Å². The molecule has 27 heavy (non-hydrogen) atoms. The summed E-state index contributed by atoms with van der Waals surface area (Å²) in [5.41, 5.74) is 2.31. The first kappa shape index (κ1) is 19.0. The summed E-state index contributed by atoms with van der Waals surface area (Å²) in [5.74, 6) is 0.418. The number of amides is 2. The van der Waals surface area contributed by atoms with Gasteiger partial charge >= 0.3 is 0 Å². The molecule has 1 aliphatic carbocycles. The number of benzene rings is 2. The molecule has 2 aromatic rings. The van der Waals surface area contributed by atoms with Gasteiger partial charge in [0, 0.05) is 23.7 Å². The Morgan fingerprint density at radius 3 is 2.56 bits per heavy atom. The van der Waals surface area contributed by atoms with Crippen LogP contribution in [0.5, 0.6) is 0 Å². The van der Waals surface area contributed by atoms with Gasteiger partial charge in [0.05, 0.1) is 23.7 Å². The molecule has 0 aliphatic heterocycles. The lowest BCUT2D eigenvalue weighted by atomic mass is 10.2. The minimum atomic E-state index is -0.163. The van der Waals surface area contributed by atoms with Gasteiger partial charge in [0.25, 0.3) is 5.91 Å². The zero-order chi connectivity index (χ0) is 19.2. The van der Waals surface area contributed by atoms with E-state index >= 15 is 0 Å². The van der Waals surface area contributed by atoms with E-state index < -0.39 is 0 Å². The summed E-state index contributed by atoms with van der Waals surface area (Å²) in [6.07, 6.45) is 2.05. The molecule has 5 nitrogen and oxygen atoms in total. The van der Waals surface area contributed by atoms with Gasteiger partial charge in [-0.25, -0.2) is 0 Å². The van der Waals surface area contributed by atoms with E-state index in [-0.39, 0.29) is 24.4 Å². The molecule has 138 valence electrons. The van der Waals surface area contributed by atoms with E-state index in [1.54, 1.807) is 37.0 Å². The van der Waals surface area contributed by atoms with E-state index in [9.17, 15) is 9.59 Å². The van der Waals surface area contributed by atoms with E-state index in [2.05, 4.69) is 11.4 Å². The summed E-state index contributed by atoms with van der Waals surface area (Å²) >= 11 is 1.57. The fraction of sp³-hybridized carbons (Fsp3) is 0.286. The topological polar surface area (TPSA) is 73.2 Å². The van der Waals surface area contributed by atoms with E-state index in [0.29, 0.717) is 16.9 Å². The van der Waals surface area contributed by atoms with E-state index in [1.165, 1.54) is 4.90 Å². The van der Waals surface area contributed by atoms with Crippen molar-refractivity contribution in [3.05, 3.63) is 65.2 Å². The quantitative estimate of drug-likeness (QED) is 0.750. The summed E-state index contributed by atoms with van der Waals surface area (Å²) in [6.45, 7) is 0.0595. The molecular formula is C21H21N3O2S. The molecule has 0 unspecified atom stereocenters. The minimum absolute atomic E-state index is 0.0595. The Kier molecular flexibility index (Phi) is 6.15. The van der Waals surface area contributed by atoms with Crippen LogP contribution in [-0.4, -0.2) is 36.3 Å². The molecule has 0 saturated heterocycles. The first-order valence-electron chi connectivity index (χ1n) is 8.82. The van der Waals surface area contributed by atoms with E-state index in [1.807, 2.05) is 30.3 Å². The van der Waals surface area contributed by atoms with Gasteiger partial charge in [-0.15, -0.1) is 11.8 Å². The summed E-state index contributed by atoms with van der Waals surface area (Å²) < 4.78 is 0. The lowest BCUT2D eigenvalue weighted by Crippen LogP contribution is -2.39. The average molecular weight is 379 g/mol. The Balaban J connectivity index is 1.63. The first-order valence-corrected chi connectivity index (χ1v) is 9.81. The summed E-state index contributed by atoms with van der Waals surface area (Å²) in [5, 5.41) is 11.8. The van der Waals surface area contributed by atoms with Crippen LogP contribution in [0.2, 0.25) is 0 Å². The SMILES string of the molecule is CN(CC(=O)NC1CC1)C(=O)c1ccccc1SCc1ccc(C#N)cc1. The highest BCUT2D eigenvalue weighted by Gasteiger charge is 2.25. The van der Waals surface area contributed by atoms with Crippen LogP contribution in [0, 0.1) is 11.3 Å². The van der Waals surface area contributed by atoms with Crippen molar-refractivity contribution in [1.82, 2.24) is 10.2 Å². The molecule has 0 atom stereocenters. The van der Waals surface area contributed by atoms with Crippen LogP contribution in [-0.2, 0) is 10.5 Å². The molecule has 1 fully saturated rings. The molecule has 0 bridgehead atoms. The smallest absolute Gasteiger partial charge is 0.255 e. The fourth-order valence-corrected chi connectivity index (χ4v) is 3.60. The van der Waals surface area contributed by atoms with Gasteiger partial charge in [0.2, 0.25) is 5.91 Å². The molecule has 1 saturated carbocycles. The number of thioether (sulfide) groups is 1. The second-order valence-electron chi connectivity index (χ2n) is 6.60. The molecule has 6 heteroatoms. The molecule has 2 amide bonds. The first-order chi connectivity index (χ1) is 13.1. The molecule has 0 heterocycles. The molecule has 0 spiro atoms. The maximum atomic E-state index is 12.8. The lowest BCUT2D eigenvalue weighted by Gasteiger charge is -2.18. The molecule has 2 aromatic carbocycles. The van der Waals surface area contributed by atoms with Crippen molar-refractivity contribution in [2.75, 3.05) is 13.6 Å². The highest BCUT2D eigenvalue weighted by Crippen LogP contribution is 2.27. The number of hydrogen-bond donors (Lipinski definition) is 1. The van der Waals surface area contributed by atoms with Gasteiger partial charge in [-0.1, -0.05) is 24.3 Å². The minimum Gasteiger partial charge on any atom is -0.352 e. The second-order valence-corrected chi connectivity index (χ2v) is 7.61. The Hall–Kier alpha value is -2.78. The highest BCUT2D eigenvalue weighted by atomic mass is 32.2. The number of nitrogens with one attached hydrogen (secondary N) is 1. The van der Waals surface area contributed by atoms with Crippen molar-refractivity contribution in [2.45, 2.75) is 29.5 Å². The number of carbonyl (C=O) groups excluding carboxylic acids is 2. The third kappa shape index (κ3) is 5.35. The van der Waals surface area contributed by atoms with Crippen molar-refractivity contribution < 1.29 is 9.59 Å². The molecule has 3 rings (SSSR count). The number of likely N-dealkylation sites (N-methyl/N-ethyl adjacent to an activating group) is 1. The summed E-state index contributed by atoms with van der Waals surface area (Å²) in [4.78, 5) is 27.1. The van der Waals surface area contributed by atoms with Crippen molar-refractivity contribution in [3.63, 3.8) is 0 Å². The van der Waals surface area contributed by atoms with Crippen LogP contribution in [0.25, 0.3) is 0 Å². The van der Waals surface area contributed by atoms with Crippen LogP contribution in [0.3, 0.4) is 0 Å². The molecule has 1 aliphatic rings. The summed E-state index contributed by atoms with van der Waals surface area (Å²) in [7, 11) is 1.65. The van der Waals surface area contributed by atoms with Crippen LogP contribution in [0.1, 0.15) is 34.3 Å². The van der Waals surface area contributed by atoms with Gasteiger partial charge in [-0.2, -0.15) is 5.26 Å². The zero-order valence-corrected chi connectivity index (χ0v) is 16.0. The summed E-state index contributed by atoms with van der Waals surface area (Å²) in [6, 6.07) is 17.3. The third-order valence-corrected chi connectivity index (χ3v) is 5.41. The van der Waals surface area contributed by atoms with Crippen molar-refractivity contribution >= 4 is 23.6 Å².